The van der Waals surface area contributed by atoms with E-state index in [1.807, 2.05) is 12.1 Å². The van der Waals surface area contributed by atoms with Crippen LogP contribution < -0.4 is 0 Å². The lowest BCUT2D eigenvalue weighted by Gasteiger charge is -2.29. The Hall–Kier alpha value is -0.280. The molecule has 0 radical (unpaired) electrons. The lowest BCUT2D eigenvalue weighted by molar-refractivity contribution is 0.212. The summed E-state index contributed by atoms with van der Waals surface area (Å²) in [5, 5.41) is 10.3. The Morgan fingerprint density at radius 2 is 2.12 bits per heavy atom. The van der Waals surface area contributed by atoms with Crippen LogP contribution in [0.25, 0.3) is 0 Å². The van der Waals surface area contributed by atoms with Gasteiger partial charge >= 0.3 is 0 Å². The van der Waals surface area contributed by atoms with E-state index in [1.165, 1.54) is 11.1 Å². The van der Waals surface area contributed by atoms with Crippen molar-refractivity contribution in [2.24, 2.45) is 0 Å². The van der Waals surface area contributed by atoms with Gasteiger partial charge in [-0.25, -0.2) is 0 Å². The minimum Gasteiger partial charge on any atom is -0.396 e. The van der Waals surface area contributed by atoms with Crippen LogP contribution in [0.15, 0.2) is 12.1 Å². The van der Waals surface area contributed by atoms with E-state index < -0.39 is 0 Å². The molecule has 0 aliphatic carbocycles. The fourth-order valence-corrected chi connectivity index (χ4v) is 2.78. The van der Waals surface area contributed by atoms with Crippen molar-refractivity contribution in [2.75, 3.05) is 19.7 Å². The summed E-state index contributed by atoms with van der Waals surface area (Å²) in [5.41, 5.74) is 2.45. The number of rotatable bonds is 3. The zero-order valence-electron chi connectivity index (χ0n) is 9.05. The highest BCUT2D eigenvalue weighted by Crippen LogP contribution is 2.29. The number of fused-ring (bicyclic) bond motifs is 1. The van der Waals surface area contributed by atoms with Crippen LogP contribution in [0, 0.1) is 0 Å². The van der Waals surface area contributed by atoms with Gasteiger partial charge in [0.2, 0.25) is 0 Å². The van der Waals surface area contributed by atoms with Crippen LogP contribution >= 0.6 is 23.2 Å². The molecule has 1 aromatic rings. The lowest BCUT2D eigenvalue weighted by Crippen LogP contribution is -2.31. The summed E-state index contributed by atoms with van der Waals surface area (Å²) in [6.45, 7) is 3.07. The molecule has 0 amide bonds. The predicted molar refractivity (Wildman–Crippen MR) is 67.1 cm³/mol. The number of halogens is 2. The SMILES string of the molecule is OCCCN1CCc2c(Cl)cc(Cl)cc2C1. The first-order valence-corrected chi connectivity index (χ1v) is 6.26. The van der Waals surface area contributed by atoms with Crippen molar-refractivity contribution in [1.82, 2.24) is 4.90 Å². The summed E-state index contributed by atoms with van der Waals surface area (Å²) in [5.74, 6) is 0. The molecular weight excluding hydrogens is 245 g/mol. The molecule has 88 valence electrons. The van der Waals surface area contributed by atoms with Crippen LogP contribution in [0.1, 0.15) is 17.5 Å². The van der Waals surface area contributed by atoms with E-state index in [9.17, 15) is 0 Å². The van der Waals surface area contributed by atoms with Crippen molar-refractivity contribution in [3.05, 3.63) is 33.3 Å². The van der Waals surface area contributed by atoms with Gasteiger partial charge in [-0.15, -0.1) is 0 Å². The van der Waals surface area contributed by atoms with Crippen molar-refractivity contribution in [1.29, 1.82) is 0 Å². The van der Waals surface area contributed by atoms with E-state index in [4.69, 9.17) is 28.3 Å². The first-order valence-electron chi connectivity index (χ1n) is 5.50. The minimum atomic E-state index is 0.250. The zero-order chi connectivity index (χ0) is 11.5. The molecule has 2 rings (SSSR count). The molecule has 16 heavy (non-hydrogen) atoms. The number of benzene rings is 1. The Balaban J connectivity index is 2.13. The molecule has 0 saturated carbocycles. The predicted octanol–water partition coefficient (Wildman–Crippen LogP) is 2.73. The molecule has 1 aliphatic rings. The number of hydrogen-bond acceptors (Lipinski definition) is 2. The second kappa shape index (κ2) is 5.37. The average molecular weight is 260 g/mol. The van der Waals surface area contributed by atoms with Gasteiger partial charge in [-0.2, -0.15) is 0 Å². The number of aliphatic hydroxyl groups excluding tert-OH is 1. The Morgan fingerprint density at radius 3 is 2.88 bits per heavy atom. The van der Waals surface area contributed by atoms with E-state index >= 15 is 0 Å². The van der Waals surface area contributed by atoms with Crippen LogP contribution in [0.5, 0.6) is 0 Å². The second-order valence-electron chi connectivity index (χ2n) is 4.13. The maximum Gasteiger partial charge on any atom is 0.0456 e. The summed E-state index contributed by atoms with van der Waals surface area (Å²) in [7, 11) is 0. The highest BCUT2D eigenvalue weighted by Gasteiger charge is 2.18. The fraction of sp³-hybridized carbons (Fsp3) is 0.500. The molecule has 0 bridgehead atoms. The summed E-state index contributed by atoms with van der Waals surface area (Å²) in [6.07, 6.45) is 1.79. The molecule has 0 aromatic heterocycles. The molecule has 1 heterocycles. The maximum atomic E-state index is 8.81. The molecule has 1 aliphatic heterocycles. The third-order valence-electron chi connectivity index (χ3n) is 2.96. The van der Waals surface area contributed by atoms with Crippen molar-refractivity contribution >= 4 is 23.2 Å². The van der Waals surface area contributed by atoms with Gasteiger partial charge in [0.25, 0.3) is 0 Å². The maximum absolute atomic E-state index is 8.81. The van der Waals surface area contributed by atoms with Crippen molar-refractivity contribution < 1.29 is 5.11 Å². The van der Waals surface area contributed by atoms with Gasteiger partial charge in [0, 0.05) is 36.3 Å². The van der Waals surface area contributed by atoms with Gasteiger partial charge in [0.15, 0.2) is 0 Å². The fourth-order valence-electron chi connectivity index (χ4n) is 2.15. The Labute approximate surface area is 106 Å². The highest BCUT2D eigenvalue weighted by atomic mass is 35.5. The van der Waals surface area contributed by atoms with Gasteiger partial charge in [-0.3, -0.25) is 4.90 Å². The van der Waals surface area contributed by atoms with E-state index in [0.717, 1.165) is 37.5 Å². The van der Waals surface area contributed by atoms with Gasteiger partial charge in [-0.1, -0.05) is 23.2 Å². The quantitative estimate of drug-likeness (QED) is 0.903. The third-order valence-corrected chi connectivity index (χ3v) is 3.51. The van der Waals surface area contributed by atoms with Crippen molar-refractivity contribution in [3.63, 3.8) is 0 Å². The van der Waals surface area contributed by atoms with E-state index in [1.54, 1.807) is 0 Å². The van der Waals surface area contributed by atoms with E-state index in [-0.39, 0.29) is 6.61 Å². The second-order valence-corrected chi connectivity index (χ2v) is 4.97. The number of nitrogens with zero attached hydrogens (tertiary/aromatic N) is 1. The third kappa shape index (κ3) is 2.69. The molecule has 1 N–H and O–H groups in total. The molecule has 2 nitrogen and oxygen atoms in total. The van der Waals surface area contributed by atoms with Crippen LogP contribution in [0.3, 0.4) is 0 Å². The normalized spacial score (nSPS) is 16.2. The molecule has 0 spiro atoms. The standard InChI is InChI=1S/C12H15Cl2NO/c13-10-6-9-8-15(3-1-5-16)4-2-11(9)12(14)7-10/h6-7,16H,1-5,8H2. The average Bonchev–Trinajstić information content (AvgIpc) is 2.25. The minimum absolute atomic E-state index is 0.250. The monoisotopic (exact) mass is 259 g/mol. The molecule has 4 heteroatoms. The Kier molecular flexibility index (Phi) is 4.09. The van der Waals surface area contributed by atoms with Crippen molar-refractivity contribution in [2.45, 2.75) is 19.4 Å². The van der Waals surface area contributed by atoms with Gasteiger partial charge < -0.3 is 5.11 Å². The van der Waals surface area contributed by atoms with Crippen LogP contribution in [0.4, 0.5) is 0 Å². The topological polar surface area (TPSA) is 23.5 Å². The molecule has 0 fully saturated rings. The van der Waals surface area contributed by atoms with Gasteiger partial charge in [0.1, 0.15) is 0 Å². The number of aliphatic hydroxyl groups is 1. The molecule has 0 unspecified atom stereocenters. The molecule has 0 atom stereocenters. The summed E-state index contributed by atoms with van der Waals surface area (Å²) >= 11 is 12.1. The molecule has 1 aromatic carbocycles. The first kappa shape index (κ1) is 12.2. The van der Waals surface area contributed by atoms with E-state index in [0.29, 0.717) is 5.02 Å². The molecule has 0 saturated heterocycles. The summed E-state index contributed by atoms with van der Waals surface area (Å²) in [4.78, 5) is 2.32. The van der Waals surface area contributed by atoms with E-state index in [2.05, 4.69) is 4.90 Å². The Morgan fingerprint density at radius 1 is 1.31 bits per heavy atom. The van der Waals surface area contributed by atoms with Crippen LogP contribution in [-0.2, 0) is 13.0 Å². The lowest BCUT2D eigenvalue weighted by atomic mass is 9.99. The summed E-state index contributed by atoms with van der Waals surface area (Å²) in [6, 6.07) is 3.80. The van der Waals surface area contributed by atoms with Crippen molar-refractivity contribution in [3.8, 4) is 0 Å². The smallest absolute Gasteiger partial charge is 0.0456 e. The highest BCUT2D eigenvalue weighted by molar-refractivity contribution is 6.35. The van der Waals surface area contributed by atoms with Crippen LogP contribution in [-0.4, -0.2) is 29.7 Å². The Bertz CT molecular complexity index is 382. The zero-order valence-corrected chi connectivity index (χ0v) is 10.6. The van der Waals surface area contributed by atoms with Gasteiger partial charge in [0.05, 0.1) is 0 Å². The number of hydrogen-bond donors (Lipinski definition) is 1. The first-order chi connectivity index (χ1) is 7.70. The largest absolute Gasteiger partial charge is 0.396 e. The van der Waals surface area contributed by atoms with Crippen LogP contribution in [0.2, 0.25) is 10.0 Å². The molecular formula is C12H15Cl2NO. The van der Waals surface area contributed by atoms with Gasteiger partial charge in [-0.05, 0) is 36.1 Å². The summed E-state index contributed by atoms with van der Waals surface area (Å²) < 4.78 is 0.